The van der Waals surface area contributed by atoms with Crippen LogP contribution < -0.4 is 11.1 Å². The largest absolute Gasteiger partial charge is 0.472 e. The smallest absolute Gasteiger partial charge is 0.391 e. The molecule has 0 saturated carbocycles. The summed E-state index contributed by atoms with van der Waals surface area (Å²) < 4.78 is 22.2. The Morgan fingerprint density at radius 3 is 1.43 bits per heavy atom. The second-order valence-corrected chi connectivity index (χ2v) is 17.0. The first-order chi connectivity index (χ1) is 28.4. The lowest BCUT2D eigenvalue weighted by molar-refractivity contribution is -0.123. The topological polar surface area (TPSA) is 131 Å². The summed E-state index contributed by atoms with van der Waals surface area (Å²) in [5.41, 5.74) is 5.39. The molecule has 8 nitrogen and oxygen atoms in total. The molecule has 0 rings (SSSR count). The Kier molecular flexibility index (Phi) is 42.9. The summed E-state index contributed by atoms with van der Waals surface area (Å²) in [5.74, 6) is -0.205. The SMILES string of the molecule is CC/C=C\C/C=C\C/C=C\C/C=C\C/C=C\C/C=C\CCCCC(=O)NC(COP(=O)(O)OCCN)C(O)CCCCCCCCCCCCCCCCCCCC. The van der Waals surface area contributed by atoms with Crippen LogP contribution in [0, 0.1) is 0 Å². The highest BCUT2D eigenvalue weighted by Crippen LogP contribution is 2.43. The van der Waals surface area contributed by atoms with Crippen LogP contribution in [0.2, 0.25) is 0 Å². The Morgan fingerprint density at radius 1 is 0.586 bits per heavy atom. The van der Waals surface area contributed by atoms with Gasteiger partial charge in [0, 0.05) is 13.0 Å². The van der Waals surface area contributed by atoms with Crippen molar-refractivity contribution in [2.75, 3.05) is 19.8 Å². The van der Waals surface area contributed by atoms with E-state index in [1.807, 2.05) is 0 Å². The molecule has 0 aromatic rings. The molecule has 3 atom stereocenters. The molecule has 336 valence electrons. The molecule has 0 radical (unpaired) electrons. The number of nitrogens with two attached hydrogens (primary N) is 1. The van der Waals surface area contributed by atoms with Gasteiger partial charge in [0.2, 0.25) is 5.91 Å². The van der Waals surface area contributed by atoms with Crippen LogP contribution in [0.25, 0.3) is 0 Å². The van der Waals surface area contributed by atoms with Gasteiger partial charge in [0.05, 0.1) is 25.4 Å². The predicted molar refractivity (Wildman–Crippen MR) is 249 cm³/mol. The van der Waals surface area contributed by atoms with Gasteiger partial charge in [0.15, 0.2) is 0 Å². The van der Waals surface area contributed by atoms with Crippen molar-refractivity contribution in [2.45, 2.75) is 212 Å². The molecule has 5 N–H and O–H groups in total. The number of unbranched alkanes of at least 4 members (excludes halogenated alkanes) is 19. The standard InChI is InChI=1S/C49H89N2O6P/c1-3-5-7-9-11-13-15-17-19-21-23-24-25-27-29-31-33-35-37-39-41-43-49(53)51-47(46-57-58(54,55)56-45-44-50)48(52)42-40-38-36-34-32-30-28-26-22-20-18-16-14-12-10-8-6-4-2/h5,7,11,13,17,19,23-24,27,29,33,35,47-48,52H,3-4,6,8-10,12,14-16,18,20-22,25-26,28,30-32,34,36-46,50H2,1-2H3,(H,51,53)(H,54,55)/b7-5-,13-11-,19-17-,24-23-,29-27-,35-33-. The quantitative estimate of drug-likeness (QED) is 0.0273. The molecule has 0 fully saturated rings. The Labute approximate surface area is 357 Å². The summed E-state index contributed by atoms with van der Waals surface area (Å²) in [6.45, 7) is 4.06. The van der Waals surface area contributed by atoms with Gasteiger partial charge >= 0.3 is 7.82 Å². The van der Waals surface area contributed by atoms with Gasteiger partial charge in [-0.3, -0.25) is 13.8 Å². The van der Waals surface area contributed by atoms with Crippen molar-refractivity contribution in [3.8, 4) is 0 Å². The molecule has 1 amide bonds. The van der Waals surface area contributed by atoms with Gasteiger partial charge in [-0.25, -0.2) is 4.57 Å². The van der Waals surface area contributed by atoms with E-state index in [2.05, 4.69) is 92.1 Å². The van der Waals surface area contributed by atoms with Crippen molar-refractivity contribution in [1.29, 1.82) is 0 Å². The van der Waals surface area contributed by atoms with Crippen LogP contribution in [0.4, 0.5) is 0 Å². The van der Waals surface area contributed by atoms with E-state index < -0.39 is 20.0 Å². The number of phosphoric acid groups is 1. The zero-order chi connectivity index (χ0) is 42.5. The number of hydrogen-bond acceptors (Lipinski definition) is 6. The van der Waals surface area contributed by atoms with E-state index in [9.17, 15) is 19.4 Å². The minimum Gasteiger partial charge on any atom is -0.391 e. The predicted octanol–water partition coefficient (Wildman–Crippen LogP) is 13.6. The van der Waals surface area contributed by atoms with E-state index in [4.69, 9.17) is 14.8 Å². The Morgan fingerprint density at radius 2 is 1.00 bits per heavy atom. The van der Waals surface area contributed by atoms with Gasteiger partial charge < -0.3 is 21.1 Å². The van der Waals surface area contributed by atoms with E-state index in [1.54, 1.807) is 0 Å². The number of carbonyl (C=O) groups excluding carboxylic acids is 1. The third kappa shape index (κ3) is 42.1. The van der Waals surface area contributed by atoms with Crippen LogP contribution in [0.3, 0.4) is 0 Å². The lowest BCUT2D eigenvalue weighted by atomic mass is 10.0. The summed E-state index contributed by atoms with van der Waals surface area (Å²) in [6, 6.07) is -0.802. The number of rotatable bonds is 43. The van der Waals surface area contributed by atoms with Gasteiger partial charge in [-0.1, -0.05) is 202 Å². The average molecular weight is 833 g/mol. The first-order valence-corrected chi connectivity index (χ1v) is 25.0. The summed E-state index contributed by atoms with van der Waals surface area (Å²) in [7, 11) is -4.34. The van der Waals surface area contributed by atoms with Crippen molar-refractivity contribution < 1.29 is 28.4 Å². The van der Waals surface area contributed by atoms with Crippen LogP contribution in [-0.2, 0) is 18.4 Å². The molecule has 0 aliphatic rings. The van der Waals surface area contributed by atoms with Crippen molar-refractivity contribution in [3.05, 3.63) is 72.9 Å². The summed E-state index contributed by atoms with van der Waals surface area (Å²) >= 11 is 0. The molecular formula is C49H89N2O6P. The number of aliphatic hydroxyl groups excluding tert-OH is 1. The molecule has 9 heteroatoms. The third-order valence-corrected chi connectivity index (χ3v) is 11.1. The van der Waals surface area contributed by atoms with Gasteiger partial charge in [-0.2, -0.15) is 0 Å². The monoisotopic (exact) mass is 833 g/mol. The fourth-order valence-electron chi connectivity index (χ4n) is 6.55. The molecule has 0 aromatic carbocycles. The fraction of sp³-hybridized carbons (Fsp3) is 0.735. The number of phosphoric ester groups is 1. The molecule has 0 aliphatic carbocycles. The molecule has 0 saturated heterocycles. The molecule has 0 spiro atoms. The number of nitrogens with one attached hydrogen (secondary N) is 1. The van der Waals surface area contributed by atoms with Crippen molar-refractivity contribution in [1.82, 2.24) is 5.32 Å². The molecule has 0 aromatic heterocycles. The normalized spacial score (nSPS) is 14.6. The van der Waals surface area contributed by atoms with E-state index in [0.717, 1.165) is 70.6 Å². The zero-order valence-corrected chi connectivity index (χ0v) is 38.2. The molecule has 0 heterocycles. The van der Waals surface area contributed by atoms with Gasteiger partial charge in [0.1, 0.15) is 0 Å². The van der Waals surface area contributed by atoms with Crippen LogP contribution in [0.1, 0.15) is 200 Å². The maximum absolute atomic E-state index is 12.8. The number of hydrogen-bond donors (Lipinski definition) is 4. The van der Waals surface area contributed by atoms with Crippen molar-refractivity contribution in [3.63, 3.8) is 0 Å². The summed E-state index contributed by atoms with van der Waals surface area (Å²) in [4.78, 5) is 22.8. The maximum Gasteiger partial charge on any atom is 0.472 e. The molecule has 0 bridgehead atoms. The van der Waals surface area contributed by atoms with E-state index >= 15 is 0 Å². The minimum atomic E-state index is -4.34. The first kappa shape index (κ1) is 55.9. The Balaban J connectivity index is 4.23. The van der Waals surface area contributed by atoms with E-state index in [0.29, 0.717) is 19.3 Å². The summed E-state index contributed by atoms with van der Waals surface area (Å²) in [6.07, 6.45) is 57.7. The lowest BCUT2D eigenvalue weighted by Gasteiger charge is -2.25. The Hall–Kier alpha value is -2.06. The van der Waals surface area contributed by atoms with Gasteiger partial charge in [0.25, 0.3) is 0 Å². The molecule has 3 unspecified atom stereocenters. The molecule has 0 aliphatic heterocycles. The van der Waals surface area contributed by atoms with E-state index in [1.165, 1.54) is 96.3 Å². The van der Waals surface area contributed by atoms with Gasteiger partial charge in [-0.15, -0.1) is 0 Å². The number of allylic oxidation sites excluding steroid dienone is 12. The zero-order valence-electron chi connectivity index (χ0n) is 37.3. The number of carbonyl (C=O) groups is 1. The lowest BCUT2D eigenvalue weighted by Crippen LogP contribution is -2.46. The molecular weight excluding hydrogens is 744 g/mol. The summed E-state index contributed by atoms with van der Waals surface area (Å²) in [5, 5.41) is 13.8. The fourth-order valence-corrected chi connectivity index (χ4v) is 7.31. The average Bonchev–Trinajstić information content (AvgIpc) is 3.21. The van der Waals surface area contributed by atoms with Crippen LogP contribution in [-0.4, -0.2) is 47.8 Å². The number of aliphatic hydroxyl groups is 1. The van der Waals surface area contributed by atoms with Crippen molar-refractivity contribution >= 4 is 13.7 Å². The minimum absolute atomic E-state index is 0.0780. The first-order valence-electron chi connectivity index (χ1n) is 23.6. The van der Waals surface area contributed by atoms with Crippen LogP contribution in [0.5, 0.6) is 0 Å². The molecule has 58 heavy (non-hydrogen) atoms. The van der Waals surface area contributed by atoms with Crippen LogP contribution in [0.15, 0.2) is 72.9 Å². The van der Waals surface area contributed by atoms with Crippen LogP contribution >= 0.6 is 7.82 Å². The Bertz CT molecular complexity index is 1130. The second kappa shape index (κ2) is 44.5. The highest BCUT2D eigenvalue weighted by molar-refractivity contribution is 7.47. The second-order valence-electron chi connectivity index (χ2n) is 15.6. The van der Waals surface area contributed by atoms with Gasteiger partial charge in [-0.05, 0) is 64.2 Å². The number of amides is 1. The third-order valence-electron chi connectivity index (χ3n) is 10.1. The van der Waals surface area contributed by atoms with Crippen molar-refractivity contribution in [2.24, 2.45) is 5.73 Å². The maximum atomic E-state index is 12.8. The highest BCUT2D eigenvalue weighted by atomic mass is 31.2. The van der Waals surface area contributed by atoms with E-state index in [-0.39, 0.29) is 25.7 Å². The highest BCUT2D eigenvalue weighted by Gasteiger charge is 2.27.